The molecule has 0 radical (unpaired) electrons. The summed E-state index contributed by atoms with van der Waals surface area (Å²) in [4.78, 5) is 19.2. The molecule has 5 nitrogen and oxygen atoms in total. The molecule has 1 atom stereocenters. The SMILES string of the molecule is O=C(NCc1ccccc1-c1cccnc1)NCC1CCN1C1CCCCC1. The fourth-order valence-electron chi connectivity index (χ4n) is 4.50. The van der Waals surface area contributed by atoms with Gasteiger partial charge in [0, 0.05) is 49.7 Å². The Bertz CT molecular complexity index is 773. The molecule has 2 aromatic rings. The van der Waals surface area contributed by atoms with Crippen LogP contribution < -0.4 is 10.6 Å². The topological polar surface area (TPSA) is 57.3 Å². The van der Waals surface area contributed by atoms with E-state index in [-0.39, 0.29) is 6.03 Å². The molecule has 2 amide bonds. The second-order valence-electron chi connectivity index (χ2n) is 7.93. The minimum absolute atomic E-state index is 0.0866. The molecule has 1 aliphatic carbocycles. The second-order valence-corrected chi connectivity index (χ2v) is 7.93. The van der Waals surface area contributed by atoms with E-state index in [9.17, 15) is 4.79 Å². The van der Waals surface area contributed by atoms with Gasteiger partial charge in [0.15, 0.2) is 0 Å². The zero-order valence-corrected chi connectivity index (χ0v) is 16.4. The monoisotopic (exact) mass is 378 g/mol. The summed E-state index contributed by atoms with van der Waals surface area (Å²) in [5.41, 5.74) is 3.27. The predicted octanol–water partition coefficient (Wildman–Crippen LogP) is 3.95. The van der Waals surface area contributed by atoms with E-state index in [0.717, 1.165) is 29.3 Å². The van der Waals surface area contributed by atoms with Gasteiger partial charge >= 0.3 is 6.03 Å². The Labute approximate surface area is 167 Å². The first-order chi connectivity index (χ1) is 13.8. The Morgan fingerprint density at radius 3 is 2.64 bits per heavy atom. The Kier molecular flexibility index (Phi) is 6.22. The van der Waals surface area contributed by atoms with Crippen LogP contribution >= 0.6 is 0 Å². The van der Waals surface area contributed by atoms with E-state index in [1.807, 2.05) is 30.5 Å². The van der Waals surface area contributed by atoms with Gasteiger partial charge in [-0.25, -0.2) is 4.79 Å². The standard InChI is InChI=1S/C23H30N4O/c28-23(26-17-21-12-14-27(21)20-9-2-1-3-10-20)25-16-19-7-4-5-11-22(19)18-8-6-13-24-15-18/h4-8,11,13,15,20-21H,1-3,9-10,12,14,16-17H2,(H2,25,26,28). The smallest absolute Gasteiger partial charge is 0.315 e. The number of carbonyl (C=O) groups excluding carboxylic acids is 1. The number of rotatable bonds is 6. The molecule has 2 aliphatic rings. The highest BCUT2D eigenvalue weighted by Crippen LogP contribution is 2.29. The normalized spacial score (nSPS) is 20.4. The maximum atomic E-state index is 12.3. The summed E-state index contributed by atoms with van der Waals surface area (Å²) in [5, 5.41) is 6.10. The van der Waals surface area contributed by atoms with Crippen LogP contribution in [0.5, 0.6) is 0 Å². The quantitative estimate of drug-likeness (QED) is 0.800. The number of carbonyl (C=O) groups is 1. The van der Waals surface area contributed by atoms with Gasteiger partial charge in [-0.2, -0.15) is 0 Å². The number of nitrogens with zero attached hydrogens (tertiary/aromatic N) is 2. The Morgan fingerprint density at radius 1 is 1.04 bits per heavy atom. The molecule has 148 valence electrons. The molecule has 2 N–H and O–H groups in total. The molecule has 1 aliphatic heterocycles. The van der Waals surface area contributed by atoms with E-state index in [0.29, 0.717) is 12.6 Å². The van der Waals surface area contributed by atoms with Gasteiger partial charge in [-0.3, -0.25) is 9.88 Å². The Morgan fingerprint density at radius 2 is 1.89 bits per heavy atom. The lowest BCUT2D eigenvalue weighted by atomic mass is 9.89. The number of aromatic nitrogens is 1. The average Bonchev–Trinajstić information content (AvgIpc) is 2.73. The van der Waals surface area contributed by atoms with Crippen LogP contribution in [0.15, 0.2) is 48.8 Å². The number of hydrogen-bond acceptors (Lipinski definition) is 3. The molecule has 4 rings (SSSR count). The molecular formula is C23H30N4O. The highest BCUT2D eigenvalue weighted by molar-refractivity contribution is 5.74. The zero-order chi connectivity index (χ0) is 19.2. The van der Waals surface area contributed by atoms with E-state index in [2.05, 4.69) is 32.7 Å². The number of pyridine rings is 1. The van der Waals surface area contributed by atoms with E-state index in [4.69, 9.17) is 0 Å². The van der Waals surface area contributed by atoms with Crippen LogP contribution in [0.2, 0.25) is 0 Å². The molecular weight excluding hydrogens is 348 g/mol. The summed E-state index contributed by atoms with van der Waals surface area (Å²) in [7, 11) is 0. The third-order valence-corrected chi connectivity index (χ3v) is 6.16. The van der Waals surface area contributed by atoms with Crippen LogP contribution in [0.3, 0.4) is 0 Å². The fourth-order valence-corrected chi connectivity index (χ4v) is 4.50. The summed E-state index contributed by atoms with van der Waals surface area (Å²) in [6.45, 7) is 2.44. The summed E-state index contributed by atoms with van der Waals surface area (Å²) >= 11 is 0. The lowest BCUT2D eigenvalue weighted by Gasteiger charge is -2.47. The second kappa shape index (κ2) is 9.20. The number of benzene rings is 1. The summed E-state index contributed by atoms with van der Waals surface area (Å²) in [6.07, 6.45) is 11.6. The third-order valence-electron chi connectivity index (χ3n) is 6.16. The van der Waals surface area contributed by atoms with Crippen LogP contribution in [0, 0.1) is 0 Å². The maximum absolute atomic E-state index is 12.3. The van der Waals surface area contributed by atoms with Gasteiger partial charge in [0.05, 0.1) is 0 Å². The van der Waals surface area contributed by atoms with Gasteiger partial charge in [0.1, 0.15) is 0 Å². The first-order valence-corrected chi connectivity index (χ1v) is 10.6. The van der Waals surface area contributed by atoms with Crippen molar-refractivity contribution in [3.8, 4) is 11.1 Å². The minimum Gasteiger partial charge on any atom is -0.337 e. The maximum Gasteiger partial charge on any atom is 0.315 e. The summed E-state index contributed by atoms with van der Waals surface area (Å²) in [6, 6.07) is 13.3. The van der Waals surface area contributed by atoms with Crippen molar-refractivity contribution in [2.75, 3.05) is 13.1 Å². The molecule has 1 saturated carbocycles. The molecule has 1 saturated heterocycles. The molecule has 1 aromatic heterocycles. The van der Waals surface area contributed by atoms with Gasteiger partial charge in [0.25, 0.3) is 0 Å². The number of hydrogen-bond donors (Lipinski definition) is 2. The number of likely N-dealkylation sites (tertiary alicyclic amines) is 1. The average molecular weight is 379 g/mol. The van der Waals surface area contributed by atoms with Crippen molar-refractivity contribution in [2.45, 2.75) is 57.2 Å². The number of urea groups is 1. The van der Waals surface area contributed by atoms with Gasteiger partial charge in [-0.15, -0.1) is 0 Å². The molecule has 2 heterocycles. The van der Waals surface area contributed by atoms with Gasteiger partial charge in [0.2, 0.25) is 0 Å². The molecule has 1 unspecified atom stereocenters. The van der Waals surface area contributed by atoms with Crippen LogP contribution in [0.4, 0.5) is 4.79 Å². The summed E-state index contributed by atoms with van der Waals surface area (Å²) < 4.78 is 0. The third kappa shape index (κ3) is 4.53. The molecule has 5 heteroatoms. The molecule has 28 heavy (non-hydrogen) atoms. The molecule has 1 aromatic carbocycles. The van der Waals surface area contributed by atoms with Crippen molar-refractivity contribution in [3.05, 3.63) is 54.4 Å². The van der Waals surface area contributed by atoms with Crippen LogP contribution in [-0.4, -0.2) is 41.1 Å². The van der Waals surface area contributed by atoms with Crippen molar-refractivity contribution in [2.24, 2.45) is 0 Å². The van der Waals surface area contributed by atoms with E-state index < -0.39 is 0 Å². The number of amides is 2. The van der Waals surface area contributed by atoms with E-state index >= 15 is 0 Å². The Hall–Kier alpha value is -2.40. The lowest BCUT2D eigenvalue weighted by Crippen LogP contribution is -2.58. The predicted molar refractivity (Wildman–Crippen MR) is 112 cm³/mol. The fraction of sp³-hybridized carbons (Fsp3) is 0.478. The number of nitrogens with one attached hydrogen (secondary N) is 2. The van der Waals surface area contributed by atoms with Crippen LogP contribution in [0.25, 0.3) is 11.1 Å². The first-order valence-electron chi connectivity index (χ1n) is 10.6. The van der Waals surface area contributed by atoms with Crippen molar-refractivity contribution in [3.63, 3.8) is 0 Å². The van der Waals surface area contributed by atoms with Crippen molar-refractivity contribution < 1.29 is 4.79 Å². The zero-order valence-electron chi connectivity index (χ0n) is 16.4. The van der Waals surface area contributed by atoms with E-state index in [1.54, 1.807) is 6.20 Å². The van der Waals surface area contributed by atoms with Crippen LogP contribution in [-0.2, 0) is 6.54 Å². The van der Waals surface area contributed by atoms with Crippen molar-refractivity contribution in [1.29, 1.82) is 0 Å². The van der Waals surface area contributed by atoms with Crippen molar-refractivity contribution >= 4 is 6.03 Å². The molecule has 0 spiro atoms. The first kappa shape index (κ1) is 18.9. The molecule has 2 fully saturated rings. The largest absolute Gasteiger partial charge is 0.337 e. The summed E-state index contributed by atoms with van der Waals surface area (Å²) in [5.74, 6) is 0. The van der Waals surface area contributed by atoms with Gasteiger partial charge in [-0.1, -0.05) is 49.6 Å². The van der Waals surface area contributed by atoms with E-state index in [1.165, 1.54) is 45.1 Å². The van der Waals surface area contributed by atoms with Crippen LogP contribution in [0.1, 0.15) is 44.1 Å². The van der Waals surface area contributed by atoms with Gasteiger partial charge in [-0.05, 0) is 36.5 Å². The highest BCUT2D eigenvalue weighted by atomic mass is 16.2. The molecule has 0 bridgehead atoms. The minimum atomic E-state index is -0.0866. The Balaban J connectivity index is 1.26. The van der Waals surface area contributed by atoms with Crippen molar-refractivity contribution in [1.82, 2.24) is 20.5 Å². The highest BCUT2D eigenvalue weighted by Gasteiger charge is 2.34. The lowest BCUT2D eigenvalue weighted by molar-refractivity contribution is 0.0256. The van der Waals surface area contributed by atoms with Gasteiger partial charge < -0.3 is 10.6 Å².